The third-order valence-electron chi connectivity index (χ3n) is 10.7. The molecule has 4 rings (SSSR count). The monoisotopic (exact) mass is 400 g/mol. The molecule has 29 heavy (non-hydrogen) atoms. The molecule has 1 N–H and O–H groups in total. The molecule has 0 spiro atoms. The van der Waals surface area contributed by atoms with E-state index in [0.29, 0.717) is 10.8 Å². The lowest BCUT2D eigenvalue weighted by molar-refractivity contribution is -0.141. The lowest BCUT2D eigenvalue weighted by atomic mass is 9.45. The Hall–Kier alpha value is -0.790. The molecular weight excluding hydrogens is 356 g/mol. The molecule has 0 radical (unpaired) electrons. The summed E-state index contributed by atoms with van der Waals surface area (Å²) in [7, 11) is 0. The summed E-state index contributed by atoms with van der Waals surface area (Å²) >= 11 is 0. The Labute approximate surface area is 178 Å². The molecule has 4 aliphatic rings. The minimum absolute atomic E-state index is 0.190. The molecule has 9 atom stereocenters. The first kappa shape index (κ1) is 21.4. The number of hydrogen-bond acceptors (Lipinski definition) is 1. The molecule has 3 fully saturated rings. The number of allylic oxidation sites excluding steroid dienone is 2. The van der Waals surface area contributed by atoms with Gasteiger partial charge in [0.05, 0.1) is 5.92 Å². The zero-order valence-electron chi connectivity index (χ0n) is 19.3. The fourth-order valence-corrected chi connectivity index (χ4v) is 8.88. The molecule has 3 saturated carbocycles. The largest absolute Gasteiger partial charge is 0.481 e. The van der Waals surface area contributed by atoms with Gasteiger partial charge in [-0.25, -0.2) is 0 Å². The van der Waals surface area contributed by atoms with E-state index in [2.05, 4.69) is 32.9 Å². The maximum Gasteiger partial charge on any atom is 0.306 e. The van der Waals surface area contributed by atoms with Crippen molar-refractivity contribution in [2.75, 3.05) is 0 Å². The van der Waals surface area contributed by atoms with E-state index >= 15 is 0 Å². The zero-order valence-corrected chi connectivity index (χ0v) is 19.3. The Kier molecular flexibility index (Phi) is 5.95. The van der Waals surface area contributed by atoms with Gasteiger partial charge in [-0.15, -0.1) is 0 Å². The highest BCUT2D eigenvalue weighted by Crippen LogP contribution is 2.68. The Morgan fingerprint density at radius 2 is 1.76 bits per heavy atom. The molecule has 0 amide bonds. The number of rotatable bonds is 6. The molecular formula is C27H44O2. The highest BCUT2D eigenvalue weighted by Gasteiger charge is 2.59. The predicted molar refractivity (Wildman–Crippen MR) is 120 cm³/mol. The number of carboxylic acid groups (broad SMARTS) is 1. The van der Waals surface area contributed by atoms with Gasteiger partial charge in [-0.2, -0.15) is 0 Å². The quantitative estimate of drug-likeness (QED) is 0.474. The standard InChI is InChI=1S/C27H44O2/c1-18(8-7-9-19(2)25(28)29)22-13-14-23-21-12-11-20-10-5-6-16-26(20,3)24(21)15-17-27(22,23)4/h5-6,18-24H,7-17H2,1-4H3,(H,28,29)/t18-,19?,20?,21+,22-,23+,24+,26+,27-/m1/s1. The third-order valence-corrected chi connectivity index (χ3v) is 10.7. The van der Waals surface area contributed by atoms with Gasteiger partial charge in [-0.3, -0.25) is 4.79 Å². The van der Waals surface area contributed by atoms with E-state index in [-0.39, 0.29) is 5.92 Å². The molecule has 0 heterocycles. The van der Waals surface area contributed by atoms with Crippen LogP contribution in [0.1, 0.15) is 98.3 Å². The maximum absolute atomic E-state index is 11.1. The van der Waals surface area contributed by atoms with Gasteiger partial charge in [0.2, 0.25) is 0 Å². The Bertz CT molecular complexity index is 638. The van der Waals surface area contributed by atoms with Crippen LogP contribution in [0, 0.1) is 52.3 Å². The number of hydrogen-bond donors (Lipinski definition) is 1. The van der Waals surface area contributed by atoms with Crippen LogP contribution in [0.25, 0.3) is 0 Å². The van der Waals surface area contributed by atoms with Gasteiger partial charge >= 0.3 is 5.97 Å². The first-order valence-corrected chi connectivity index (χ1v) is 12.6. The van der Waals surface area contributed by atoms with Crippen LogP contribution in [-0.4, -0.2) is 11.1 Å². The van der Waals surface area contributed by atoms with Crippen molar-refractivity contribution in [3.63, 3.8) is 0 Å². The zero-order chi connectivity index (χ0) is 20.8. The highest BCUT2D eigenvalue weighted by atomic mass is 16.4. The van der Waals surface area contributed by atoms with Gasteiger partial charge in [0.15, 0.2) is 0 Å². The Morgan fingerprint density at radius 3 is 2.52 bits per heavy atom. The summed E-state index contributed by atoms with van der Waals surface area (Å²) in [6, 6.07) is 0. The minimum atomic E-state index is -0.634. The van der Waals surface area contributed by atoms with Crippen molar-refractivity contribution in [2.24, 2.45) is 52.3 Å². The third kappa shape index (κ3) is 3.61. The summed E-state index contributed by atoms with van der Waals surface area (Å²) < 4.78 is 0. The highest BCUT2D eigenvalue weighted by molar-refractivity contribution is 5.69. The molecule has 164 valence electrons. The van der Waals surface area contributed by atoms with E-state index in [1.807, 2.05) is 6.92 Å². The summed E-state index contributed by atoms with van der Waals surface area (Å²) in [5, 5.41) is 9.16. The van der Waals surface area contributed by atoms with Crippen LogP contribution < -0.4 is 0 Å². The fourth-order valence-electron chi connectivity index (χ4n) is 8.88. The van der Waals surface area contributed by atoms with Crippen molar-refractivity contribution in [1.29, 1.82) is 0 Å². The molecule has 0 bridgehead atoms. The first-order chi connectivity index (χ1) is 13.8. The van der Waals surface area contributed by atoms with E-state index in [1.54, 1.807) is 0 Å². The number of carbonyl (C=O) groups is 1. The van der Waals surface area contributed by atoms with Crippen LogP contribution >= 0.6 is 0 Å². The van der Waals surface area contributed by atoms with E-state index in [9.17, 15) is 4.79 Å². The minimum Gasteiger partial charge on any atom is -0.481 e. The topological polar surface area (TPSA) is 37.3 Å². The molecule has 4 aliphatic carbocycles. The van der Waals surface area contributed by atoms with Gasteiger partial charge in [-0.05, 0) is 104 Å². The van der Waals surface area contributed by atoms with Crippen molar-refractivity contribution in [3.8, 4) is 0 Å². The Morgan fingerprint density at radius 1 is 1.00 bits per heavy atom. The molecule has 0 aromatic heterocycles. The van der Waals surface area contributed by atoms with Crippen LogP contribution in [0.2, 0.25) is 0 Å². The van der Waals surface area contributed by atoms with Crippen LogP contribution in [0.15, 0.2) is 12.2 Å². The second-order valence-electron chi connectivity index (χ2n) is 11.9. The summed E-state index contributed by atoms with van der Waals surface area (Å²) in [6.45, 7) is 9.62. The van der Waals surface area contributed by atoms with Crippen molar-refractivity contribution in [2.45, 2.75) is 98.3 Å². The van der Waals surface area contributed by atoms with Crippen molar-refractivity contribution < 1.29 is 9.90 Å². The lowest BCUT2D eigenvalue weighted by Crippen LogP contribution is -2.52. The molecule has 2 unspecified atom stereocenters. The summed E-state index contributed by atoms with van der Waals surface area (Å²) in [5.41, 5.74) is 1.10. The van der Waals surface area contributed by atoms with Crippen molar-refractivity contribution in [3.05, 3.63) is 12.2 Å². The molecule has 2 nitrogen and oxygen atoms in total. The van der Waals surface area contributed by atoms with Crippen LogP contribution in [0.5, 0.6) is 0 Å². The smallest absolute Gasteiger partial charge is 0.306 e. The average Bonchev–Trinajstić information content (AvgIpc) is 3.04. The summed E-state index contributed by atoms with van der Waals surface area (Å²) in [5.74, 6) is 4.56. The second-order valence-corrected chi connectivity index (χ2v) is 11.9. The van der Waals surface area contributed by atoms with Gasteiger partial charge < -0.3 is 5.11 Å². The number of aliphatic carboxylic acids is 1. The predicted octanol–water partition coefficient (Wildman–Crippen LogP) is 7.34. The first-order valence-electron chi connectivity index (χ1n) is 12.6. The Balaban J connectivity index is 1.42. The molecule has 0 aromatic carbocycles. The normalized spacial score (nSPS) is 45.7. The van der Waals surface area contributed by atoms with Crippen molar-refractivity contribution in [1.82, 2.24) is 0 Å². The fraction of sp³-hybridized carbons (Fsp3) is 0.889. The molecule has 0 aromatic rings. The SMILES string of the molecule is CC(CCC[C@@H](C)[C@H]1CC[C@H]2[C@@H]3CCC4CC=CC[C@]4(C)[C@H]3CC[C@]12C)C(=O)O. The van der Waals surface area contributed by atoms with E-state index in [0.717, 1.165) is 48.3 Å². The van der Waals surface area contributed by atoms with Crippen LogP contribution in [0.4, 0.5) is 0 Å². The van der Waals surface area contributed by atoms with E-state index < -0.39 is 5.97 Å². The lowest BCUT2D eigenvalue weighted by Gasteiger charge is -2.60. The van der Waals surface area contributed by atoms with Gasteiger partial charge in [0, 0.05) is 0 Å². The number of carboxylic acids is 1. The maximum atomic E-state index is 11.1. The number of fused-ring (bicyclic) bond motifs is 5. The van der Waals surface area contributed by atoms with E-state index in [1.165, 1.54) is 57.8 Å². The van der Waals surface area contributed by atoms with Gasteiger partial charge in [-0.1, -0.05) is 52.7 Å². The van der Waals surface area contributed by atoms with Crippen molar-refractivity contribution >= 4 is 5.97 Å². The van der Waals surface area contributed by atoms with Crippen LogP contribution in [0.3, 0.4) is 0 Å². The van der Waals surface area contributed by atoms with Crippen LogP contribution in [-0.2, 0) is 4.79 Å². The molecule has 0 aliphatic heterocycles. The molecule has 0 saturated heterocycles. The van der Waals surface area contributed by atoms with E-state index in [4.69, 9.17) is 5.11 Å². The average molecular weight is 401 g/mol. The summed E-state index contributed by atoms with van der Waals surface area (Å²) in [6.07, 6.45) is 19.4. The van der Waals surface area contributed by atoms with Gasteiger partial charge in [0.1, 0.15) is 0 Å². The summed E-state index contributed by atoms with van der Waals surface area (Å²) in [4.78, 5) is 11.1. The second kappa shape index (κ2) is 8.04. The molecule has 2 heteroatoms. The van der Waals surface area contributed by atoms with Gasteiger partial charge in [0.25, 0.3) is 0 Å².